The summed E-state index contributed by atoms with van der Waals surface area (Å²) in [6.07, 6.45) is -1.63. The quantitative estimate of drug-likeness (QED) is 0.585. The predicted octanol–water partition coefficient (Wildman–Crippen LogP) is 1.20. The Labute approximate surface area is 160 Å². The molecule has 0 fully saturated rings. The zero-order chi connectivity index (χ0) is 21.1. The van der Waals surface area contributed by atoms with Crippen LogP contribution in [0.15, 0.2) is 24.3 Å². The molecule has 0 radical (unpaired) electrons. The second-order valence-corrected chi connectivity index (χ2v) is 6.84. The van der Waals surface area contributed by atoms with Crippen LogP contribution in [0.4, 0.5) is 4.79 Å². The van der Waals surface area contributed by atoms with Gasteiger partial charge in [-0.3, -0.25) is 9.59 Å². The summed E-state index contributed by atoms with van der Waals surface area (Å²) in [5.74, 6) is -3.63. The SMILES string of the molecule is COC(=O)[C@@H](CC(=O)ON1C(=O)c2ccccc2C1=O)NC(=O)OC(C)(C)C. The van der Waals surface area contributed by atoms with Gasteiger partial charge in [-0.1, -0.05) is 17.2 Å². The molecule has 2 rings (SSSR count). The summed E-state index contributed by atoms with van der Waals surface area (Å²) in [6.45, 7) is 4.86. The van der Waals surface area contributed by atoms with Crippen molar-refractivity contribution in [2.75, 3.05) is 7.11 Å². The van der Waals surface area contributed by atoms with Crippen molar-refractivity contribution in [3.8, 4) is 0 Å². The van der Waals surface area contributed by atoms with E-state index < -0.39 is 47.9 Å². The first-order valence-corrected chi connectivity index (χ1v) is 8.29. The molecule has 10 heteroatoms. The number of amides is 3. The van der Waals surface area contributed by atoms with Crippen LogP contribution in [0.2, 0.25) is 0 Å². The summed E-state index contributed by atoms with van der Waals surface area (Å²) < 4.78 is 9.57. The van der Waals surface area contributed by atoms with Gasteiger partial charge in [-0.15, -0.1) is 0 Å². The highest BCUT2D eigenvalue weighted by atomic mass is 16.7. The number of carbonyl (C=O) groups excluding carboxylic acids is 5. The number of hydrogen-bond donors (Lipinski definition) is 1. The van der Waals surface area contributed by atoms with Gasteiger partial charge < -0.3 is 19.6 Å². The molecule has 1 heterocycles. The van der Waals surface area contributed by atoms with Gasteiger partial charge in [-0.25, -0.2) is 14.4 Å². The Kier molecular flexibility index (Phi) is 6.02. The lowest BCUT2D eigenvalue weighted by molar-refractivity contribution is -0.170. The van der Waals surface area contributed by atoms with E-state index in [1.807, 2.05) is 0 Å². The minimum Gasteiger partial charge on any atom is -0.467 e. The van der Waals surface area contributed by atoms with Crippen molar-refractivity contribution in [2.24, 2.45) is 0 Å². The van der Waals surface area contributed by atoms with Gasteiger partial charge in [-0.05, 0) is 32.9 Å². The van der Waals surface area contributed by atoms with Gasteiger partial charge in [0.1, 0.15) is 11.6 Å². The van der Waals surface area contributed by atoms with Gasteiger partial charge in [0.05, 0.1) is 24.7 Å². The van der Waals surface area contributed by atoms with E-state index >= 15 is 0 Å². The van der Waals surface area contributed by atoms with E-state index in [1.165, 1.54) is 12.1 Å². The number of hydrogen-bond acceptors (Lipinski definition) is 8. The van der Waals surface area contributed by atoms with E-state index in [0.29, 0.717) is 5.06 Å². The first kappa shape index (κ1) is 20.9. The number of nitrogens with one attached hydrogen (secondary N) is 1. The molecule has 10 nitrogen and oxygen atoms in total. The Morgan fingerprint density at radius 1 is 1.07 bits per heavy atom. The van der Waals surface area contributed by atoms with Crippen molar-refractivity contribution in [2.45, 2.75) is 38.8 Å². The Hall–Kier alpha value is -3.43. The Morgan fingerprint density at radius 3 is 2.07 bits per heavy atom. The minimum atomic E-state index is -1.43. The van der Waals surface area contributed by atoms with Crippen LogP contribution in [-0.2, 0) is 23.9 Å². The standard InChI is InChI=1S/C18H20N2O8/c1-18(2,3)27-17(25)19-12(16(24)26-4)9-13(21)28-20-14(22)10-7-5-6-8-11(10)15(20)23/h5-8,12H,9H2,1-4H3,(H,19,25)/t12-/m1/s1. The van der Waals surface area contributed by atoms with Crippen LogP contribution in [0.3, 0.4) is 0 Å². The van der Waals surface area contributed by atoms with E-state index in [9.17, 15) is 24.0 Å². The third-order valence-electron chi connectivity index (χ3n) is 3.50. The van der Waals surface area contributed by atoms with E-state index in [-0.39, 0.29) is 11.1 Å². The zero-order valence-electron chi connectivity index (χ0n) is 15.8. The highest BCUT2D eigenvalue weighted by Crippen LogP contribution is 2.23. The van der Waals surface area contributed by atoms with Gasteiger partial charge >= 0.3 is 18.0 Å². The van der Waals surface area contributed by atoms with E-state index in [4.69, 9.17) is 9.57 Å². The second-order valence-electron chi connectivity index (χ2n) is 6.84. The number of carbonyl (C=O) groups is 5. The van der Waals surface area contributed by atoms with Gasteiger partial charge in [0.15, 0.2) is 0 Å². The molecule has 0 unspecified atom stereocenters. The van der Waals surface area contributed by atoms with Crippen LogP contribution in [0, 0.1) is 0 Å². The van der Waals surface area contributed by atoms with E-state index in [2.05, 4.69) is 10.1 Å². The average Bonchev–Trinajstić information content (AvgIpc) is 2.84. The molecule has 3 amide bonds. The number of benzene rings is 1. The van der Waals surface area contributed by atoms with Crippen LogP contribution < -0.4 is 5.32 Å². The Morgan fingerprint density at radius 2 is 1.61 bits per heavy atom. The molecule has 1 aromatic carbocycles. The van der Waals surface area contributed by atoms with Crippen molar-refractivity contribution >= 4 is 29.8 Å². The second kappa shape index (κ2) is 8.07. The number of esters is 1. The van der Waals surface area contributed by atoms with Gasteiger partial charge in [0.25, 0.3) is 11.8 Å². The fourth-order valence-electron chi connectivity index (χ4n) is 2.34. The summed E-state index contributed by atoms with van der Waals surface area (Å²) in [6, 6.07) is 4.54. The lowest BCUT2D eigenvalue weighted by Gasteiger charge is -2.22. The number of methoxy groups -OCH3 is 1. The number of imide groups is 1. The lowest BCUT2D eigenvalue weighted by Crippen LogP contribution is -2.46. The van der Waals surface area contributed by atoms with E-state index in [0.717, 1.165) is 7.11 Å². The number of ether oxygens (including phenoxy) is 2. The van der Waals surface area contributed by atoms with Crippen LogP contribution in [0.25, 0.3) is 0 Å². The zero-order valence-corrected chi connectivity index (χ0v) is 15.8. The van der Waals surface area contributed by atoms with Gasteiger partial charge in [0.2, 0.25) is 0 Å². The number of fused-ring (bicyclic) bond motifs is 1. The monoisotopic (exact) mass is 392 g/mol. The fourth-order valence-corrected chi connectivity index (χ4v) is 2.34. The molecule has 150 valence electrons. The van der Waals surface area contributed by atoms with Crippen molar-refractivity contribution in [3.63, 3.8) is 0 Å². The summed E-state index contributed by atoms with van der Waals surface area (Å²) in [5, 5.41) is 2.51. The molecule has 0 saturated carbocycles. The smallest absolute Gasteiger partial charge is 0.408 e. The lowest BCUT2D eigenvalue weighted by atomic mass is 10.1. The molecule has 0 bridgehead atoms. The molecule has 1 aromatic rings. The molecule has 0 saturated heterocycles. The molecular weight excluding hydrogens is 372 g/mol. The average molecular weight is 392 g/mol. The van der Waals surface area contributed by atoms with Crippen LogP contribution >= 0.6 is 0 Å². The third kappa shape index (κ3) is 4.84. The fraction of sp³-hybridized carbons (Fsp3) is 0.389. The normalized spacial score (nSPS) is 14.2. The summed E-state index contributed by atoms with van der Waals surface area (Å²) in [7, 11) is 1.07. The Balaban J connectivity index is 2.04. The maximum absolute atomic E-state index is 12.2. The molecule has 1 N–H and O–H groups in total. The van der Waals surface area contributed by atoms with Crippen molar-refractivity contribution in [1.29, 1.82) is 0 Å². The Bertz CT molecular complexity index is 792. The summed E-state index contributed by atoms with van der Waals surface area (Å²) in [4.78, 5) is 65.1. The summed E-state index contributed by atoms with van der Waals surface area (Å²) >= 11 is 0. The number of hydroxylamine groups is 2. The topological polar surface area (TPSA) is 128 Å². The largest absolute Gasteiger partial charge is 0.467 e. The highest BCUT2D eigenvalue weighted by molar-refractivity contribution is 6.20. The number of alkyl carbamates (subject to hydrolysis) is 1. The molecule has 1 aliphatic heterocycles. The summed E-state index contributed by atoms with van der Waals surface area (Å²) in [5.41, 5.74) is -0.640. The third-order valence-corrected chi connectivity index (χ3v) is 3.50. The maximum Gasteiger partial charge on any atom is 0.408 e. The maximum atomic E-state index is 12.2. The van der Waals surface area contributed by atoms with Crippen molar-refractivity contribution in [3.05, 3.63) is 35.4 Å². The van der Waals surface area contributed by atoms with Gasteiger partial charge in [0, 0.05) is 0 Å². The van der Waals surface area contributed by atoms with E-state index in [1.54, 1.807) is 32.9 Å². The number of nitrogens with zero attached hydrogens (tertiary/aromatic N) is 1. The highest BCUT2D eigenvalue weighted by Gasteiger charge is 2.39. The van der Waals surface area contributed by atoms with Gasteiger partial charge in [-0.2, -0.15) is 0 Å². The first-order valence-electron chi connectivity index (χ1n) is 8.29. The molecule has 0 aliphatic carbocycles. The minimum absolute atomic E-state index is 0.0942. The molecular formula is C18H20N2O8. The molecule has 1 aliphatic rings. The number of rotatable bonds is 5. The first-order chi connectivity index (χ1) is 13.0. The van der Waals surface area contributed by atoms with Crippen molar-refractivity contribution < 1.29 is 38.3 Å². The molecule has 0 aromatic heterocycles. The van der Waals surface area contributed by atoms with Crippen molar-refractivity contribution in [1.82, 2.24) is 10.4 Å². The molecule has 28 heavy (non-hydrogen) atoms. The molecule has 0 spiro atoms. The van der Waals surface area contributed by atoms with Crippen LogP contribution in [0.5, 0.6) is 0 Å². The molecule has 1 atom stereocenters. The van der Waals surface area contributed by atoms with Crippen LogP contribution in [-0.4, -0.2) is 53.7 Å². The van der Waals surface area contributed by atoms with Crippen LogP contribution in [0.1, 0.15) is 47.9 Å². The predicted molar refractivity (Wildman–Crippen MR) is 92.8 cm³/mol.